The molecule has 0 saturated heterocycles. The highest BCUT2D eigenvalue weighted by Gasteiger charge is 2.21. The number of H-pyrrole nitrogens is 1. The number of fused-ring (bicyclic) bond motifs is 5. The van der Waals surface area contributed by atoms with Crippen LogP contribution >= 0.6 is 0 Å². The maximum absolute atomic E-state index is 12.8. The first-order valence-electron chi connectivity index (χ1n) is 9.00. The molecule has 0 saturated carbocycles. The van der Waals surface area contributed by atoms with Crippen molar-refractivity contribution in [1.29, 1.82) is 0 Å². The van der Waals surface area contributed by atoms with Crippen LogP contribution < -0.4 is 10.1 Å². The van der Waals surface area contributed by atoms with Gasteiger partial charge in [0, 0.05) is 22.6 Å². The second-order valence-corrected chi connectivity index (χ2v) is 6.89. The second kappa shape index (κ2) is 5.95. The molecule has 5 rings (SSSR count). The van der Waals surface area contributed by atoms with Crippen LogP contribution in [0.25, 0.3) is 22.0 Å². The largest absolute Gasteiger partial charge is 0.321 e. The van der Waals surface area contributed by atoms with Gasteiger partial charge in [-0.1, -0.05) is 54.6 Å². The minimum absolute atomic E-state index is 0.0159. The molecule has 3 heteroatoms. The van der Waals surface area contributed by atoms with Crippen molar-refractivity contribution in [1.82, 2.24) is 4.98 Å². The van der Waals surface area contributed by atoms with Crippen molar-refractivity contribution in [3.05, 3.63) is 100 Å². The predicted octanol–water partition coefficient (Wildman–Crippen LogP) is 3.63. The van der Waals surface area contributed by atoms with E-state index in [1.54, 1.807) is 0 Å². The van der Waals surface area contributed by atoms with E-state index >= 15 is 0 Å². The van der Waals surface area contributed by atoms with E-state index in [2.05, 4.69) is 52.1 Å². The minimum Gasteiger partial charge on any atom is -0.321 e. The maximum atomic E-state index is 12.8. The first kappa shape index (κ1) is 15.1. The molecule has 1 aliphatic carbocycles. The Morgan fingerprint density at radius 2 is 1.69 bits per heavy atom. The van der Waals surface area contributed by atoms with Crippen molar-refractivity contribution in [2.24, 2.45) is 0 Å². The number of pyridine rings is 2. The molecule has 0 aliphatic heterocycles. The molecule has 3 nitrogen and oxygen atoms in total. The van der Waals surface area contributed by atoms with Crippen molar-refractivity contribution in [3.63, 3.8) is 0 Å². The van der Waals surface area contributed by atoms with E-state index in [1.165, 1.54) is 16.7 Å². The highest BCUT2D eigenvalue weighted by molar-refractivity contribution is 5.89. The number of rotatable bonds is 2. The van der Waals surface area contributed by atoms with E-state index in [1.807, 2.05) is 30.5 Å². The summed E-state index contributed by atoms with van der Waals surface area (Å²) in [7, 11) is 0. The molecule has 0 spiro atoms. The third-order valence-electron chi connectivity index (χ3n) is 5.27. The zero-order chi connectivity index (χ0) is 17.5. The molecule has 4 aromatic rings. The van der Waals surface area contributed by atoms with E-state index < -0.39 is 0 Å². The number of aromatic amines is 1. The Morgan fingerprint density at radius 1 is 0.885 bits per heavy atom. The summed E-state index contributed by atoms with van der Waals surface area (Å²) in [5.41, 5.74) is 5.92. The third-order valence-corrected chi connectivity index (χ3v) is 5.27. The summed E-state index contributed by atoms with van der Waals surface area (Å²) < 4.78 is 2.08. The molecule has 2 heterocycles. The molecular weight excluding hydrogens is 320 g/mol. The van der Waals surface area contributed by atoms with Gasteiger partial charge in [0.1, 0.15) is 5.39 Å². The lowest BCUT2D eigenvalue weighted by atomic mass is 9.87. The Morgan fingerprint density at radius 3 is 2.58 bits per heavy atom. The fraction of sp³-hybridized carbons (Fsp3) is 0.130. The standard InChI is InChI=1S/C23H18N2O/c26-23-21-15-25(14-16-6-2-1-3-7-16)13-12-19(21)20-11-10-17-8-4-5-9-18(17)22(20)24-23/h1-9,12-13,15H,10-11,14H2/p+1. The molecule has 26 heavy (non-hydrogen) atoms. The molecule has 0 amide bonds. The van der Waals surface area contributed by atoms with Gasteiger partial charge in [-0.05, 0) is 24.0 Å². The van der Waals surface area contributed by atoms with Gasteiger partial charge >= 0.3 is 0 Å². The zero-order valence-electron chi connectivity index (χ0n) is 14.4. The van der Waals surface area contributed by atoms with Crippen molar-refractivity contribution in [3.8, 4) is 11.3 Å². The highest BCUT2D eigenvalue weighted by atomic mass is 16.1. The molecular formula is C23H19N2O+. The van der Waals surface area contributed by atoms with Crippen molar-refractivity contribution < 1.29 is 4.57 Å². The summed E-state index contributed by atoms with van der Waals surface area (Å²) in [4.78, 5) is 15.9. The molecule has 0 atom stereocenters. The van der Waals surface area contributed by atoms with Crippen LogP contribution in [0.1, 0.15) is 16.7 Å². The summed E-state index contributed by atoms with van der Waals surface area (Å²) >= 11 is 0. The first-order chi connectivity index (χ1) is 12.8. The number of nitrogens with one attached hydrogen (secondary N) is 1. The monoisotopic (exact) mass is 339 g/mol. The van der Waals surface area contributed by atoms with E-state index in [4.69, 9.17) is 0 Å². The Hall–Kier alpha value is -3.20. The van der Waals surface area contributed by atoms with Crippen LogP contribution in [0.5, 0.6) is 0 Å². The molecule has 126 valence electrons. The van der Waals surface area contributed by atoms with Gasteiger partial charge in [-0.25, -0.2) is 0 Å². The molecule has 1 aliphatic rings. The fourth-order valence-electron chi connectivity index (χ4n) is 4.00. The number of nitrogens with zero attached hydrogens (tertiary/aromatic N) is 1. The quantitative estimate of drug-likeness (QED) is 0.556. The fourth-order valence-corrected chi connectivity index (χ4v) is 4.00. The summed E-state index contributed by atoms with van der Waals surface area (Å²) in [6.07, 6.45) is 6.03. The van der Waals surface area contributed by atoms with Gasteiger partial charge in [-0.15, -0.1) is 0 Å². The highest BCUT2D eigenvalue weighted by Crippen LogP contribution is 2.34. The van der Waals surface area contributed by atoms with E-state index in [0.717, 1.165) is 41.4 Å². The Kier molecular flexibility index (Phi) is 3.45. The van der Waals surface area contributed by atoms with Crippen LogP contribution in [0.4, 0.5) is 0 Å². The van der Waals surface area contributed by atoms with Gasteiger partial charge in [-0.3, -0.25) is 4.79 Å². The number of hydrogen-bond donors (Lipinski definition) is 1. The first-order valence-corrected chi connectivity index (χ1v) is 9.00. The average Bonchev–Trinajstić information content (AvgIpc) is 2.69. The van der Waals surface area contributed by atoms with E-state index in [9.17, 15) is 4.79 Å². The van der Waals surface area contributed by atoms with Crippen LogP contribution in [0.15, 0.2) is 77.9 Å². The molecule has 0 radical (unpaired) electrons. The lowest BCUT2D eigenvalue weighted by Crippen LogP contribution is -2.34. The second-order valence-electron chi connectivity index (χ2n) is 6.89. The Balaban J connectivity index is 1.66. The van der Waals surface area contributed by atoms with Gasteiger partial charge in [0.25, 0.3) is 5.56 Å². The topological polar surface area (TPSA) is 36.7 Å². The summed E-state index contributed by atoms with van der Waals surface area (Å²) in [6.45, 7) is 0.760. The maximum Gasteiger partial charge on any atom is 0.262 e. The van der Waals surface area contributed by atoms with Gasteiger partial charge in [-0.2, -0.15) is 4.57 Å². The number of hydrogen-bond acceptors (Lipinski definition) is 1. The molecule has 1 N–H and O–H groups in total. The van der Waals surface area contributed by atoms with Crippen LogP contribution in [-0.4, -0.2) is 4.98 Å². The number of benzene rings is 2. The van der Waals surface area contributed by atoms with Crippen LogP contribution in [0.3, 0.4) is 0 Å². The average molecular weight is 339 g/mol. The van der Waals surface area contributed by atoms with Crippen molar-refractivity contribution in [2.45, 2.75) is 19.4 Å². The molecule has 0 bridgehead atoms. The smallest absolute Gasteiger partial charge is 0.262 e. The van der Waals surface area contributed by atoms with Crippen molar-refractivity contribution in [2.75, 3.05) is 0 Å². The van der Waals surface area contributed by atoms with E-state index in [0.29, 0.717) is 0 Å². The van der Waals surface area contributed by atoms with Gasteiger partial charge in [0.05, 0.1) is 5.69 Å². The lowest BCUT2D eigenvalue weighted by Gasteiger charge is -2.20. The summed E-state index contributed by atoms with van der Waals surface area (Å²) in [6, 6.07) is 20.8. The molecule has 2 aromatic carbocycles. The lowest BCUT2D eigenvalue weighted by molar-refractivity contribution is -0.687. The van der Waals surface area contributed by atoms with Crippen LogP contribution in [-0.2, 0) is 19.4 Å². The zero-order valence-corrected chi connectivity index (χ0v) is 14.4. The predicted molar refractivity (Wildman–Crippen MR) is 103 cm³/mol. The van der Waals surface area contributed by atoms with E-state index in [-0.39, 0.29) is 5.56 Å². The SMILES string of the molecule is O=c1[nH]c2c(c3cc[n+](Cc4ccccc4)cc13)CCc1ccccc1-2. The number of aryl methyl sites for hydroxylation is 2. The summed E-state index contributed by atoms with van der Waals surface area (Å²) in [5.74, 6) is 0. The minimum atomic E-state index is -0.0159. The Bertz CT molecular complexity index is 1180. The number of aromatic nitrogens is 2. The normalized spacial score (nSPS) is 12.6. The molecule has 0 unspecified atom stereocenters. The van der Waals surface area contributed by atoms with Crippen LogP contribution in [0, 0.1) is 0 Å². The van der Waals surface area contributed by atoms with Crippen molar-refractivity contribution >= 4 is 10.8 Å². The van der Waals surface area contributed by atoms with Gasteiger partial charge in [0.2, 0.25) is 0 Å². The molecule has 0 fully saturated rings. The third kappa shape index (κ3) is 2.44. The van der Waals surface area contributed by atoms with Gasteiger partial charge in [0.15, 0.2) is 18.9 Å². The Labute approximate surface area is 151 Å². The van der Waals surface area contributed by atoms with Gasteiger partial charge < -0.3 is 4.98 Å². The molecule has 2 aromatic heterocycles. The van der Waals surface area contributed by atoms with Crippen LogP contribution in [0.2, 0.25) is 0 Å². The summed E-state index contributed by atoms with van der Waals surface area (Å²) in [5, 5.41) is 1.84.